The Morgan fingerprint density at radius 2 is 1.76 bits per heavy atom. The third-order valence-corrected chi connectivity index (χ3v) is 3.48. The Hall–Kier alpha value is -2.10. The Bertz CT molecular complexity index is 651. The summed E-state index contributed by atoms with van der Waals surface area (Å²) < 4.78 is 65.0. The average Bonchev–Trinajstić information content (AvgIpc) is 2.37. The number of aryl methyl sites for hydroxylation is 1. The standard InChI is InChI=1S/C11H11F3N2O4S/c1-7-3-5-8(6-4-7)21(18,19)16-15-9(10(17)20-2)11(12,13)14/h3-6,16H,1-2H3/b15-9+. The highest BCUT2D eigenvalue weighted by atomic mass is 32.2. The lowest BCUT2D eigenvalue weighted by Gasteiger charge is -2.09. The first-order valence-electron chi connectivity index (χ1n) is 5.39. The van der Waals surface area contributed by atoms with Gasteiger partial charge in [-0.3, -0.25) is 0 Å². The third-order valence-electron chi connectivity index (χ3n) is 2.26. The molecular weight excluding hydrogens is 313 g/mol. The summed E-state index contributed by atoms with van der Waals surface area (Å²) in [6, 6.07) is 5.31. The smallest absolute Gasteiger partial charge is 0.442 e. The van der Waals surface area contributed by atoms with Crippen LogP contribution in [0.2, 0.25) is 0 Å². The summed E-state index contributed by atoms with van der Waals surface area (Å²) in [5.74, 6) is -1.80. The van der Waals surface area contributed by atoms with Gasteiger partial charge in [0.25, 0.3) is 10.0 Å². The van der Waals surface area contributed by atoms with Crippen LogP contribution in [0.1, 0.15) is 5.56 Å². The second-order valence-electron chi connectivity index (χ2n) is 3.86. The predicted octanol–water partition coefficient (Wildman–Crippen LogP) is 1.36. The van der Waals surface area contributed by atoms with E-state index in [1.807, 2.05) is 0 Å². The number of nitrogens with zero attached hydrogens (tertiary/aromatic N) is 1. The first-order chi connectivity index (χ1) is 9.58. The normalized spacial score (nSPS) is 12.9. The summed E-state index contributed by atoms with van der Waals surface area (Å²) in [6.07, 6.45) is -5.15. The lowest BCUT2D eigenvalue weighted by molar-refractivity contribution is -0.137. The van der Waals surface area contributed by atoms with Gasteiger partial charge >= 0.3 is 12.1 Å². The van der Waals surface area contributed by atoms with Crippen LogP contribution in [0.15, 0.2) is 34.3 Å². The number of hydrogen-bond acceptors (Lipinski definition) is 5. The van der Waals surface area contributed by atoms with Crippen LogP contribution >= 0.6 is 0 Å². The fourth-order valence-corrected chi connectivity index (χ4v) is 2.01. The van der Waals surface area contributed by atoms with E-state index in [0.717, 1.165) is 12.7 Å². The van der Waals surface area contributed by atoms with Crippen molar-refractivity contribution in [1.29, 1.82) is 0 Å². The molecule has 10 heteroatoms. The van der Waals surface area contributed by atoms with Gasteiger partial charge in [0.05, 0.1) is 12.0 Å². The van der Waals surface area contributed by atoms with Gasteiger partial charge in [0.2, 0.25) is 5.71 Å². The van der Waals surface area contributed by atoms with Crippen LogP contribution in [0, 0.1) is 6.92 Å². The number of ether oxygens (including phenoxy) is 1. The SMILES string of the molecule is COC(=O)/C(=N\NS(=O)(=O)c1ccc(C)cc1)C(F)(F)F. The van der Waals surface area contributed by atoms with Gasteiger partial charge in [0.15, 0.2) is 0 Å². The average molecular weight is 324 g/mol. The van der Waals surface area contributed by atoms with Crippen molar-refractivity contribution in [3.63, 3.8) is 0 Å². The van der Waals surface area contributed by atoms with Gasteiger partial charge in [0, 0.05) is 0 Å². The summed E-state index contributed by atoms with van der Waals surface area (Å²) in [6.45, 7) is 1.71. The number of halogens is 3. The minimum absolute atomic E-state index is 0.289. The molecular formula is C11H11F3N2O4S. The van der Waals surface area contributed by atoms with Crippen LogP contribution in [-0.2, 0) is 19.6 Å². The number of methoxy groups -OCH3 is 1. The number of esters is 1. The van der Waals surface area contributed by atoms with Crippen molar-refractivity contribution in [2.45, 2.75) is 18.0 Å². The van der Waals surface area contributed by atoms with Crippen molar-refractivity contribution in [3.05, 3.63) is 29.8 Å². The quantitative estimate of drug-likeness (QED) is 0.515. The topological polar surface area (TPSA) is 84.8 Å². The Morgan fingerprint density at radius 1 is 1.24 bits per heavy atom. The summed E-state index contributed by atoms with van der Waals surface area (Å²) in [5, 5.41) is 2.62. The highest BCUT2D eigenvalue weighted by Gasteiger charge is 2.42. The van der Waals surface area contributed by atoms with Gasteiger partial charge in [-0.25, -0.2) is 4.79 Å². The van der Waals surface area contributed by atoms with Crippen LogP contribution in [-0.4, -0.2) is 33.4 Å². The minimum atomic E-state index is -5.15. The van der Waals surface area contributed by atoms with E-state index in [-0.39, 0.29) is 4.90 Å². The van der Waals surface area contributed by atoms with Crippen LogP contribution < -0.4 is 4.83 Å². The number of hydrogen-bond donors (Lipinski definition) is 1. The van der Waals surface area contributed by atoms with Crippen molar-refractivity contribution in [2.75, 3.05) is 7.11 Å². The van der Waals surface area contributed by atoms with E-state index < -0.39 is 27.9 Å². The molecule has 0 saturated carbocycles. The van der Waals surface area contributed by atoms with Crippen molar-refractivity contribution < 1.29 is 31.1 Å². The number of sulfonamides is 1. The molecule has 116 valence electrons. The molecule has 0 radical (unpaired) electrons. The maximum Gasteiger partial charge on any atom is 0.442 e. The van der Waals surface area contributed by atoms with Gasteiger partial charge in [-0.2, -0.15) is 31.5 Å². The Kier molecular flexibility index (Phi) is 4.94. The number of alkyl halides is 3. The molecule has 6 nitrogen and oxygen atoms in total. The van der Waals surface area contributed by atoms with Crippen molar-refractivity contribution in [2.24, 2.45) is 5.10 Å². The van der Waals surface area contributed by atoms with Gasteiger partial charge in [-0.15, -0.1) is 0 Å². The van der Waals surface area contributed by atoms with Crippen LogP contribution in [0.25, 0.3) is 0 Å². The highest BCUT2D eigenvalue weighted by Crippen LogP contribution is 2.18. The zero-order valence-electron chi connectivity index (χ0n) is 10.9. The molecule has 0 spiro atoms. The monoisotopic (exact) mass is 324 g/mol. The minimum Gasteiger partial charge on any atom is -0.464 e. The summed E-state index contributed by atoms with van der Waals surface area (Å²) in [5.41, 5.74) is -1.23. The lowest BCUT2D eigenvalue weighted by Crippen LogP contribution is -2.35. The number of hydrazone groups is 1. The van der Waals surface area contributed by atoms with Gasteiger partial charge < -0.3 is 4.74 Å². The van der Waals surface area contributed by atoms with Crippen LogP contribution in [0.3, 0.4) is 0 Å². The zero-order chi connectivity index (χ0) is 16.3. The second kappa shape index (κ2) is 6.12. The van der Waals surface area contributed by atoms with E-state index in [9.17, 15) is 26.4 Å². The van der Waals surface area contributed by atoms with Crippen LogP contribution in [0.5, 0.6) is 0 Å². The molecule has 0 unspecified atom stereocenters. The summed E-state index contributed by atoms with van der Waals surface area (Å²) >= 11 is 0. The molecule has 0 saturated heterocycles. The second-order valence-corrected chi connectivity index (χ2v) is 5.52. The molecule has 0 fully saturated rings. The van der Waals surface area contributed by atoms with E-state index in [2.05, 4.69) is 9.84 Å². The van der Waals surface area contributed by atoms with E-state index in [0.29, 0.717) is 0 Å². The molecule has 0 amide bonds. The van der Waals surface area contributed by atoms with Crippen molar-refractivity contribution in [1.82, 2.24) is 4.83 Å². The predicted molar refractivity (Wildman–Crippen MR) is 67.0 cm³/mol. The molecule has 0 aromatic heterocycles. The maximum absolute atomic E-state index is 12.5. The molecule has 0 atom stereocenters. The van der Waals surface area contributed by atoms with Crippen molar-refractivity contribution >= 4 is 21.7 Å². The van der Waals surface area contributed by atoms with Gasteiger partial charge in [0.1, 0.15) is 0 Å². The number of benzene rings is 1. The number of carbonyl (C=O) groups is 1. The van der Waals surface area contributed by atoms with E-state index in [4.69, 9.17) is 0 Å². The van der Waals surface area contributed by atoms with Crippen LogP contribution in [0.4, 0.5) is 13.2 Å². The molecule has 0 bridgehead atoms. The van der Waals surface area contributed by atoms with Gasteiger partial charge in [-0.1, -0.05) is 17.7 Å². The molecule has 0 aliphatic rings. The Morgan fingerprint density at radius 3 is 2.19 bits per heavy atom. The van der Waals surface area contributed by atoms with Gasteiger partial charge in [-0.05, 0) is 19.1 Å². The van der Waals surface area contributed by atoms with E-state index >= 15 is 0 Å². The maximum atomic E-state index is 12.5. The summed E-state index contributed by atoms with van der Waals surface area (Å²) in [4.78, 5) is 12.0. The lowest BCUT2D eigenvalue weighted by atomic mass is 10.2. The Balaban J connectivity index is 3.09. The first kappa shape index (κ1) is 17.0. The summed E-state index contributed by atoms with van der Waals surface area (Å²) in [7, 11) is -3.60. The third kappa shape index (κ3) is 4.45. The fraction of sp³-hybridized carbons (Fsp3) is 0.273. The zero-order valence-corrected chi connectivity index (χ0v) is 11.7. The number of carbonyl (C=O) groups excluding carboxylic acids is 1. The van der Waals surface area contributed by atoms with E-state index in [1.54, 1.807) is 6.92 Å². The fourth-order valence-electron chi connectivity index (χ4n) is 1.20. The molecule has 1 aromatic carbocycles. The largest absolute Gasteiger partial charge is 0.464 e. The molecule has 21 heavy (non-hydrogen) atoms. The molecule has 1 aromatic rings. The number of nitrogens with one attached hydrogen (secondary N) is 1. The molecule has 0 heterocycles. The highest BCUT2D eigenvalue weighted by molar-refractivity contribution is 7.89. The Labute approximate surface area is 118 Å². The molecule has 0 aliphatic carbocycles. The van der Waals surface area contributed by atoms with Crippen molar-refractivity contribution in [3.8, 4) is 0 Å². The van der Waals surface area contributed by atoms with E-state index in [1.165, 1.54) is 29.1 Å². The molecule has 0 aliphatic heterocycles. The molecule has 1 rings (SSSR count). The number of rotatable bonds is 4. The first-order valence-corrected chi connectivity index (χ1v) is 6.88. The molecule has 1 N–H and O–H groups in total.